The number of nitrogens with one attached hydrogen (secondary N) is 1. The van der Waals surface area contributed by atoms with Gasteiger partial charge < -0.3 is 10.1 Å². The van der Waals surface area contributed by atoms with Crippen LogP contribution in [0.2, 0.25) is 0 Å². The predicted molar refractivity (Wildman–Crippen MR) is 77.1 cm³/mol. The van der Waals surface area contributed by atoms with Crippen LogP contribution in [0.15, 0.2) is 36.7 Å². The fourth-order valence-corrected chi connectivity index (χ4v) is 3.23. The van der Waals surface area contributed by atoms with Gasteiger partial charge in [-0.1, -0.05) is 18.2 Å². The molecule has 0 amide bonds. The van der Waals surface area contributed by atoms with E-state index >= 15 is 0 Å². The van der Waals surface area contributed by atoms with Gasteiger partial charge in [-0.05, 0) is 43.3 Å². The van der Waals surface area contributed by atoms with Crippen molar-refractivity contribution in [2.75, 3.05) is 14.2 Å². The highest BCUT2D eigenvalue weighted by molar-refractivity contribution is 5.85. The Bertz CT molecular complexity index is 567. The van der Waals surface area contributed by atoms with E-state index in [1.807, 2.05) is 26.6 Å². The molecular formula is C16H20N2O. The lowest BCUT2D eigenvalue weighted by Gasteiger charge is -2.46. The van der Waals surface area contributed by atoms with Crippen molar-refractivity contribution >= 4 is 10.8 Å². The van der Waals surface area contributed by atoms with Gasteiger partial charge in [0.1, 0.15) is 0 Å². The van der Waals surface area contributed by atoms with E-state index in [1.54, 1.807) is 0 Å². The summed E-state index contributed by atoms with van der Waals surface area (Å²) >= 11 is 0. The molecule has 0 aliphatic heterocycles. The molecule has 1 aromatic carbocycles. The summed E-state index contributed by atoms with van der Waals surface area (Å²) in [6.07, 6.45) is 7.28. The molecule has 0 bridgehead atoms. The Kier molecular flexibility index (Phi) is 3.25. The third kappa shape index (κ3) is 1.94. The molecule has 1 saturated carbocycles. The Labute approximate surface area is 114 Å². The summed E-state index contributed by atoms with van der Waals surface area (Å²) in [6.45, 7) is 0. The summed E-state index contributed by atoms with van der Waals surface area (Å²) in [6, 6.07) is 8.72. The van der Waals surface area contributed by atoms with Gasteiger partial charge >= 0.3 is 0 Å². The summed E-state index contributed by atoms with van der Waals surface area (Å²) in [5.74, 6) is 0. The van der Waals surface area contributed by atoms with Crippen molar-refractivity contribution in [3.63, 3.8) is 0 Å². The summed E-state index contributed by atoms with van der Waals surface area (Å²) < 4.78 is 5.85. The molecule has 1 N–H and O–H groups in total. The zero-order valence-electron chi connectivity index (χ0n) is 11.5. The first-order valence-corrected chi connectivity index (χ1v) is 6.86. The van der Waals surface area contributed by atoms with Gasteiger partial charge in [-0.2, -0.15) is 0 Å². The summed E-state index contributed by atoms with van der Waals surface area (Å²) in [7, 11) is 3.84. The van der Waals surface area contributed by atoms with Crippen molar-refractivity contribution in [3.8, 4) is 0 Å². The number of methoxy groups -OCH3 is 1. The largest absolute Gasteiger partial charge is 0.376 e. The molecule has 1 heterocycles. The SMILES string of the molecule is CNC(c1cccc2ccncc12)C1(OC)CCC1. The molecule has 1 aliphatic carbocycles. The summed E-state index contributed by atoms with van der Waals surface area (Å²) in [4.78, 5) is 4.27. The fraction of sp³-hybridized carbons (Fsp3) is 0.438. The highest BCUT2D eigenvalue weighted by atomic mass is 16.5. The number of pyridine rings is 1. The fourth-order valence-electron chi connectivity index (χ4n) is 3.23. The number of hydrogen-bond acceptors (Lipinski definition) is 3. The minimum absolute atomic E-state index is 0.0567. The zero-order valence-corrected chi connectivity index (χ0v) is 11.5. The first kappa shape index (κ1) is 12.6. The van der Waals surface area contributed by atoms with Crippen molar-refractivity contribution in [2.45, 2.75) is 30.9 Å². The van der Waals surface area contributed by atoms with Crippen molar-refractivity contribution in [2.24, 2.45) is 0 Å². The van der Waals surface area contributed by atoms with Gasteiger partial charge in [0, 0.05) is 24.9 Å². The number of likely N-dealkylation sites (N-methyl/N-ethyl adjacent to an activating group) is 1. The Morgan fingerprint density at radius 2 is 2.16 bits per heavy atom. The molecule has 1 unspecified atom stereocenters. The lowest BCUT2D eigenvalue weighted by atomic mass is 9.71. The molecule has 3 rings (SSSR count). The standard InChI is InChI=1S/C16H20N2O/c1-17-15(16(19-2)8-4-9-16)13-6-3-5-12-7-10-18-11-14(12)13/h3,5-7,10-11,15,17H,4,8-9H2,1-2H3. The van der Waals surface area contributed by atoms with Gasteiger partial charge in [0.15, 0.2) is 0 Å². The van der Waals surface area contributed by atoms with E-state index in [-0.39, 0.29) is 11.6 Å². The van der Waals surface area contributed by atoms with E-state index in [2.05, 4.69) is 34.6 Å². The smallest absolute Gasteiger partial charge is 0.0872 e. The molecule has 0 saturated heterocycles. The van der Waals surface area contributed by atoms with Gasteiger partial charge in [0.25, 0.3) is 0 Å². The third-order valence-corrected chi connectivity index (χ3v) is 4.45. The van der Waals surface area contributed by atoms with Gasteiger partial charge in [-0.3, -0.25) is 4.98 Å². The van der Waals surface area contributed by atoms with E-state index < -0.39 is 0 Å². The molecule has 100 valence electrons. The molecular weight excluding hydrogens is 236 g/mol. The molecule has 2 aromatic rings. The number of fused-ring (bicyclic) bond motifs is 1. The minimum Gasteiger partial charge on any atom is -0.376 e. The molecule has 1 aromatic heterocycles. The van der Waals surface area contributed by atoms with E-state index in [0.717, 1.165) is 12.8 Å². The Hall–Kier alpha value is -1.45. The zero-order chi connectivity index (χ0) is 13.3. The molecule has 0 spiro atoms. The maximum Gasteiger partial charge on any atom is 0.0872 e. The van der Waals surface area contributed by atoms with Crippen LogP contribution in [0.25, 0.3) is 10.8 Å². The summed E-state index contributed by atoms with van der Waals surface area (Å²) in [5, 5.41) is 5.90. The Balaban J connectivity index is 2.11. The molecule has 19 heavy (non-hydrogen) atoms. The second-order valence-corrected chi connectivity index (χ2v) is 5.29. The van der Waals surface area contributed by atoms with Gasteiger partial charge in [0.05, 0.1) is 11.6 Å². The number of hydrogen-bond donors (Lipinski definition) is 1. The van der Waals surface area contributed by atoms with Crippen LogP contribution < -0.4 is 5.32 Å². The second kappa shape index (κ2) is 4.91. The molecule has 3 heteroatoms. The van der Waals surface area contributed by atoms with Crippen LogP contribution in [-0.4, -0.2) is 24.7 Å². The maximum atomic E-state index is 5.85. The predicted octanol–water partition coefficient (Wildman–Crippen LogP) is 3.06. The van der Waals surface area contributed by atoms with Crippen molar-refractivity contribution in [1.82, 2.24) is 10.3 Å². The van der Waals surface area contributed by atoms with E-state index in [9.17, 15) is 0 Å². The molecule has 1 atom stereocenters. The molecule has 0 radical (unpaired) electrons. The van der Waals surface area contributed by atoms with Crippen molar-refractivity contribution in [3.05, 3.63) is 42.2 Å². The average Bonchev–Trinajstić information content (AvgIpc) is 2.42. The topological polar surface area (TPSA) is 34.2 Å². The first-order chi connectivity index (χ1) is 9.30. The molecule has 3 nitrogen and oxygen atoms in total. The van der Waals surface area contributed by atoms with E-state index in [0.29, 0.717) is 0 Å². The van der Waals surface area contributed by atoms with Gasteiger partial charge in [0.2, 0.25) is 0 Å². The van der Waals surface area contributed by atoms with Crippen LogP contribution in [-0.2, 0) is 4.74 Å². The monoisotopic (exact) mass is 256 g/mol. The normalized spacial score (nSPS) is 19.1. The number of nitrogens with zero attached hydrogens (tertiary/aromatic N) is 1. The highest BCUT2D eigenvalue weighted by Gasteiger charge is 2.44. The first-order valence-electron chi connectivity index (χ1n) is 6.86. The lowest BCUT2D eigenvalue weighted by Crippen LogP contribution is -2.49. The van der Waals surface area contributed by atoms with Crippen LogP contribution in [0, 0.1) is 0 Å². The second-order valence-electron chi connectivity index (χ2n) is 5.29. The lowest BCUT2D eigenvalue weighted by molar-refractivity contribution is -0.0980. The molecule has 1 fully saturated rings. The minimum atomic E-state index is -0.0567. The summed E-state index contributed by atoms with van der Waals surface area (Å²) in [5.41, 5.74) is 1.23. The number of rotatable bonds is 4. The number of benzene rings is 1. The average molecular weight is 256 g/mol. The van der Waals surface area contributed by atoms with E-state index in [1.165, 1.54) is 22.8 Å². The Morgan fingerprint density at radius 3 is 2.79 bits per heavy atom. The number of ether oxygens (including phenoxy) is 1. The van der Waals surface area contributed by atoms with Gasteiger partial charge in [-0.15, -0.1) is 0 Å². The van der Waals surface area contributed by atoms with E-state index in [4.69, 9.17) is 4.74 Å². The molecule has 1 aliphatic rings. The van der Waals surface area contributed by atoms with Gasteiger partial charge in [-0.25, -0.2) is 0 Å². The van der Waals surface area contributed by atoms with Crippen molar-refractivity contribution in [1.29, 1.82) is 0 Å². The van der Waals surface area contributed by atoms with Crippen molar-refractivity contribution < 1.29 is 4.74 Å². The highest BCUT2D eigenvalue weighted by Crippen LogP contribution is 2.45. The van der Waals surface area contributed by atoms with Crippen LogP contribution in [0.1, 0.15) is 30.9 Å². The number of aromatic nitrogens is 1. The third-order valence-electron chi connectivity index (χ3n) is 4.45. The van der Waals surface area contributed by atoms with Crippen LogP contribution in [0.5, 0.6) is 0 Å². The maximum absolute atomic E-state index is 5.85. The Morgan fingerprint density at radius 1 is 1.32 bits per heavy atom. The quantitative estimate of drug-likeness (QED) is 0.913. The van der Waals surface area contributed by atoms with Crippen LogP contribution in [0.3, 0.4) is 0 Å². The van der Waals surface area contributed by atoms with Crippen LogP contribution in [0.4, 0.5) is 0 Å². The van der Waals surface area contributed by atoms with Crippen LogP contribution >= 0.6 is 0 Å².